The molecule has 3 N–H and O–H groups in total. The van der Waals surface area contributed by atoms with Crippen LogP contribution in [0.25, 0.3) is 0 Å². The Morgan fingerprint density at radius 2 is 1.82 bits per heavy atom. The molecule has 0 aromatic heterocycles. The van der Waals surface area contributed by atoms with Gasteiger partial charge in [-0.1, -0.05) is 13.8 Å². The van der Waals surface area contributed by atoms with E-state index < -0.39 is 5.41 Å². The van der Waals surface area contributed by atoms with E-state index in [4.69, 9.17) is 10.5 Å². The topological polar surface area (TPSA) is 81.4 Å². The van der Waals surface area contributed by atoms with Crippen molar-refractivity contribution in [2.75, 3.05) is 19.7 Å². The van der Waals surface area contributed by atoms with Crippen LogP contribution >= 0.6 is 0 Å². The number of esters is 1. The molecule has 0 aliphatic carbocycles. The number of nitrogens with two attached hydrogens (primary N) is 1. The first-order valence-electron chi connectivity index (χ1n) is 6.20. The molecule has 0 aliphatic rings. The molecule has 1 amide bonds. The number of hydrogen-bond acceptors (Lipinski definition) is 4. The van der Waals surface area contributed by atoms with Crippen LogP contribution in [0.5, 0.6) is 0 Å². The van der Waals surface area contributed by atoms with E-state index in [2.05, 4.69) is 5.32 Å². The lowest BCUT2D eigenvalue weighted by Gasteiger charge is -2.28. The van der Waals surface area contributed by atoms with Crippen molar-refractivity contribution < 1.29 is 14.3 Å². The molecule has 0 bridgehead atoms. The predicted molar refractivity (Wildman–Crippen MR) is 66.3 cm³/mol. The Morgan fingerprint density at radius 1 is 1.24 bits per heavy atom. The highest BCUT2D eigenvalue weighted by atomic mass is 16.5. The van der Waals surface area contributed by atoms with Gasteiger partial charge in [-0.15, -0.1) is 0 Å². The average Bonchev–Trinajstić information content (AvgIpc) is 2.32. The van der Waals surface area contributed by atoms with Crippen LogP contribution in [0.1, 0.15) is 40.0 Å². The van der Waals surface area contributed by atoms with Crippen LogP contribution in [0.3, 0.4) is 0 Å². The Balaban J connectivity index is 4.12. The van der Waals surface area contributed by atoms with Gasteiger partial charge in [0.05, 0.1) is 18.4 Å². The molecule has 0 unspecified atom stereocenters. The van der Waals surface area contributed by atoms with E-state index >= 15 is 0 Å². The van der Waals surface area contributed by atoms with Gasteiger partial charge in [-0.2, -0.15) is 0 Å². The minimum atomic E-state index is -0.505. The van der Waals surface area contributed by atoms with E-state index in [9.17, 15) is 9.59 Å². The highest BCUT2D eigenvalue weighted by molar-refractivity contribution is 5.83. The fraction of sp³-hybridized carbons (Fsp3) is 0.833. The molecule has 0 aromatic carbocycles. The maximum Gasteiger partial charge on any atom is 0.307 e. The first-order chi connectivity index (χ1) is 8.06. The first kappa shape index (κ1) is 15.9. The van der Waals surface area contributed by atoms with Crippen molar-refractivity contribution in [3.8, 4) is 0 Å². The Hall–Kier alpha value is -1.10. The van der Waals surface area contributed by atoms with Gasteiger partial charge in [-0.05, 0) is 19.8 Å². The molecule has 17 heavy (non-hydrogen) atoms. The van der Waals surface area contributed by atoms with Crippen LogP contribution in [-0.2, 0) is 14.3 Å². The summed E-state index contributed by atoms with van der Waals surface area (Å²) in [5, 5.41) is 2.75. The molecule has 0 aliphatic heterocycles. The van der Waals surface area contributed by atoms with Crippen LogP contribution in [0.4, 0.5) is 0 Å². The van der Waals surface area contributed by atoms with Crippen molar-refractivity contribution in [2.45, 2.75) is 40.0 Å². The number of carbonyl (C=O) groups is 2. The van der Waals surface area contributed by atoms with Gasteiger partial charge in [-0.3, -0.25) is 9.59 Å². The lowest BCUT2D eigenvalue weighted by molar-refractivity contribution is -0.143. The predicted octanol–water partition coefficient (Wildman–Crippen LogP) is 0.821. The molecule has 0 rings (SSSR count). The number of amides is 1. The molecule has 5 nitrogen and oxygen atoms in total. The second kappa shape index (κ2) is 8.06. The quantitative estimate of drug-likeness (QED) is 0.619. The van der Waals surface area contributed by atoms with Crippen molar-refractivity contribution in [3.05, 3.63) is 0 Å². The van der Waals surface area contributed by atoms with Crippen LogP contribution in [0.2, 0.25) is 0 Å². The third-order valence-corrected chi connectivity index (χ3v) is 3.15. The lowest BCUT2D eigenvalue weighted by Crippen LogP contribution is -2.45. The summed E-state index contributed by atoms with van der Waals surface area (Å²) in [6, 6.07) is 0. The Bertz CT molecular complexity index is 242. The number of rotatable bonds is 8. The summed E-state index contributed by atoms with van der Waals surface area (Å²) >= 11 is 0. The normalized spacial score (nSPS) is 11.1. The molecule has 0 atom stereocenters. The van der Waals surface area contributed by atoms with Crippen LogP contribution in [-0.4, -0.2) is 31.6 Å². The van der Waals surface area contributed by atoms with Gasteiger partial charge in [0, 0.05) is 13.1 Å². The minimum Gasteiger partial charge on any atom is -0.466 e. The minimum absolute atomic E-state index is 0.0747. The molecule has 0 fully saturated rings. The molecule has 0 radical (unpaired) electrons. The van der Waals surface area contributed by atoms with Gasteiger partial charge in [0.1, 0.15) is 0 Å². The van der Waals surface area contributed by atoms with E-state index in [1.807, 2.05) is 13.8 Å². The van der Waals surface area contributed by atoms with Gasteiger partial charge in [0.25, 0.3) is 0 Å². The zero-order valence-electron chi connectivity index (χ0n) is 11.0. The van der Waals surface area contributed by atoms with Crippen LogP contribution in [0, 0.1) is 5.41 Å². The maximum atomic E-state index is 12.0. The zero-order valence-corrected chi connectivity index (χ0v) is 11.0. The summed E-state index contributed by atoms with van der Waals surface area (Å²) in [5.74, 6) is -0.367. The molecule has 0 saturated heterocycles. The highest BCUT2D eigenvalue weighted by Gasteiger charge is 2.32. The van der Waals surface area contributed by atoms with Crippen molar-refractivity contribution >= 4 is 11.9 Å². The number of ether oxygens (including phenoxy) is 1. The molecule has 0 aromatic rings. The molecular weight excluding hydrogens is 220 g/mol. The first-order valence-corrected chi connectivity index (χ1v) is 6.20. The summed E-state index contributed by atoms with van der Waals surface area (Å²) in [6.45, 7) is 6.64. The maximum absolute atomic E-state index is 12.0. The number of nitrogens with one attached hydrogen (secondary N) is 1. The van der Waals surface area contributed by atoms with Crippen molar-refractivity contribution in [1.29, 1.82) is 0 Å². The molecule has 5 heteroatoms. The van der Waals surface area contributed by atoms with Crippen molar-refractivity contribution in [1.82, 2.24) is 5.32 Å². The zero-order chi connectivity index (χ0) is 13.3. The molecule has 0 saturated carbocycles. The van der Waals surface area contributed by atoms with E-state index in [0.717, 1.165) is 0 Å². The van der Waals surface area contributed by atoms with Gasteiger partial charge < -0.3 is 15.8 Å². The summed E-state index contributed by atoms with van der Waals surface area (Å²) < 4.78 is 4.77. The molecular formula is C12H24N2O3. The van der Waals surface area contributed by atoms with E-state index in [1.54, 1.807) is 6.92 Å². The third kappa shape index (κ3) is 4.73. The van der Waals surface area contributed by atoms with Gasteiger partial charge >= 0.3 is 5.97 Å². The fourth-order valence-electron chi connectivity index (χ4n) is 1.65. The molecule has 0 spiro atoms. The number of carbonyl (C=O) groups excluding carboxylic acids is 2. The Kier molecular flexibility index (Phi) is 7.54. The highest BCUT2D eigenvalue weighted by Crippen LogP contribution is 2.24. The SMILES string of the molecule is CCOC(=O)CCNC(=O)C(CC)(CC)CN. The second-order valence-electron chi connectivity index (χ2n) is 4.00. The number of hydrogen-bond donors (Lipinski definition) is 2. The summed E-state index contributed by atoms with van der Waals surface area (Å²) in [5.41, 5.74) is 5.15. The van der Waals surface area contributed by atoms with Crippen molar-refractivity contribution in [2.24, 2.45) is 11.1 Å². The Morgan fingerprint density at radius 3 is 2.24 bits per heavy atom. The van der Waals surface area contributed by atoms with E-state index in [-0.39, 0.29) is 18.3 Å². The standard InChI is InChI=1S/C12H24N2O3/c1-4-12(5-2,9-13)11(16)14-8-7-10(15)17-6-3/h4-9,13H2,1-3H3,(H,14,16). The third-order valence-electron chi connectivity index (χ3n) is 3.15. The molecule has 100 valence electrons. The van der Waals surface area contributed by atoms with Crippen LogP contribution in [0.15, 0.2) is 0 Å². The fourth-order valence-corrected chi connectivity index (χ4v) is 1.65. The lowest BCUT2D eigenvalue weighted by atomic mass is 9.81. The average molecular weight is 244 g/mol. The monoisotopic (exact) mass is 244 g/mol. The van der Waals surface area contributed by atoms with Gasteiger partial charge in [-0.25, -0.2) is 0 Å². The second-order valence-corrected chi connectivity index (χ2v) is 4.00. The van der Waals surface area contributed by atoms with Crippen molar-refractivity contribution in [3.63, 3.8) is 0 Å². The summed E-state index contributed by atoms with van der Waals surface area (Å²) in [6.07, 6.45) is 1.60. The summed E-state index contributed by atoms with van der Waals surface area (Å²) in [7, 11) is 0. The van der Waals surface area contributed by atoms with E-state index in [0.29, 0.717) is 32.5 Å². The van der Waals surface area contributed by atoms with Crippen LogP contribution < -0.4 is 11.1 Å². The largest absolute Gasteiger partial charge is 0.466 e. The van der Waals surface area contributed by atoms with Gasteiger partial charge in [0.15, 0.2) is 0 Å². The van der Waals surface area contributed by atoms with E-state index in [1.165, 1.54) is 0 Å². The molecule has 0 heterocycles. The smallest absolute Gasteiger partial charge is 0.307 e. The van der Waals surface area contributed by atoms with Gasteiger partial charge in [0.2, 0.25) is 5.91 Å². The summed E-state index contributed by atoms with van der Waals surface area (Å²) in [4.78, 5) is 23.0. The Labute approximate surface area is 103 Å².